The minimum atomic E-state index is -0.533. The second kappa shape index (κ2) is 5.52. The number of phenols is 1. The van der Waals surface area contributed by atoms with Crippen molar-refractivity contribution < 1.29 is 9.90 Å². The van der Waals surface area contributed by atoms with Gasteiger partial charge >= 0.3 is 0 Å². The van der Waals surface area contributed by atoms with Crippen LogP contribution in [0.5, 0.6) is 5.75 Å². The van der Waals surface area contributed by atoms with E-state index in [9.17, 15) is 9.90 Å². The highest BCUT2D eigenvalue weighted by molar-refractivity contribution is 14.1. The van der Waals surface area contributed by atoms with Crippen LogP contribution >= 0.6 is 45.2 Å². The zero-order chi connectivity index (χ0) is 11.4. The van der Waals surface area contributed by atoms with Crippen molar-refractivity contribution in [3.63, 3.8) is 0 Å². The molecule has 0 spiro atoms. The van der Waals surface area contributed by atoms with Crippen LogP contribution in [0, 0.1) is 7.14 Å². The molecule has 15 heavy (non-hydrogen) atoms. The summed E-state index contributed by atoms with van der Waals surface area (Å²) in [5.74, 6) is -0.328. The van der Waals surface area contributed by atoms with Crippen LogP contribution in [0.25, 0.3) is 10.4 Å². The maximum absolute atomic E-state index is 11.0. The lowest BCUT2D eigenvalue weighted by Crippen LogP contribution is -1.98. The molecule has 0 aliphatic carbocycles. The number of benzene rings is 1. The van der Waals surface area contributed by atoms with Crippen molar-refractivity contribution in [2.75, 3.05) is 0 Å². The van der Waals surface area contributed by atoms with Crippen molar-refractivity contribution in [2.45, 2.75) is 6.42 Å². The highest BCUT2D eigenvalue weighted by Crippen LogP contribution is 2.27. The number of amides is 1. The largest absolute Gasteiger partial charge is 0.506 e. The Morgan fingerprint density at radius 2 is 2.00 bits per heavy atom. The zero-order valence-corrected chi connectivity index (χ0v) is 11.6. The number of carbonyl (C=O) groups is 1. The highest BCUT2D eigenvalue weighted by atomic mass is 127. The fraction of sp³-hybridized carbons (Fsp3) is 0.125. The lowest BCUT2D eigenvalue weighted by Gasteiger charge is -2.03. The van der Waals surface area contributed by atoms with Crippen molar-refractivity contribution in [2.24, 2.45) is 5.11 Å². The molecule has 7 heteroatoms. The van der Waals surface area contributed by atoms with Gasteiger partial charge in [0.25, 0.3) is 0 Å². The molecule has 1 aromatic carbocycles. The fourth-order valence-electron chi connectivity index (χ4n) is 0.980. The van der Waals surface area contributed by atoms with E-state index >= 15 is 0 Å². The van der Waals surface area contributed by atoms with Crippen molar-refractivity contribution >= 4 is 51.1 Å². The predicted molar refractivity (Wildman–Crippen MR) is 71.4 cm³/mol. The molecule has 1 amide bonds. The van der Waals surface area contributed by atoms with Gasteiger partial charge in [-0.2, -0.15) is 0 Å². The Morgan fingerprint density at radius 1 is 1.47 bits per heavy atom. The number of halogens is 2. The Kier molecular flexibility index (Phi) is 4.61. The summed E-state index contributed by atoms with van der Waals surface area (Å²) in [6.45, 7) is 0. The molecule has 0 aromatic heterocycles. The van der Waals surface area contributed by atoms with Crippen LogP contribution in [0.4, 0.5) is 0 Å². The molecule has 5 nitrogen and oxygen atoms in total. The van der Waals surface area contributed by atoms with Crippen molar-refractivity contribution in [3.05, 3.63) is 35.3 Å². The van der Waals surface area contributed by atoms with Crippen LogP contribution in [-0.2, 0) is 11.2 Å². The lowest BCUT2D eigenvalue weighted by atomic mass is 10.1. The predicted octanol–water partition coefficient (Wildman–Crippen LogP) is 2.98. The van der Waals surface area contributed by atoms with E-state index in [-0.39, 0.29) is 12.2 Å². The van der Waals surface area contributed by atoms with Crippen LogP contribution in [0.3, 0.4) is 0 Å². The van der Waals surface area contributed by atoms with Gasteiger partial charge in [-0.25, -0.2) is 0 Å². The average molecular weight is 429 g/mol. The van der Waals surface area contributed by atoms with Gasteiger partial charge in [0.05, 0.1) is 7.14 Å². The third kappa shape index (κ3) is 3.50. The third-order valence-corrected chi connectivity index (χ3v) is 3.23. The Hall–Kier alpha value is -0.540. The molecule has 78 valence electrons. The quantitative estimate of drug-likeness (QED) is 0.340. The molecule has 1 aromatic rings. The van der Waals surface area contributed by atoms with Crippen LogP contribution in [0.2, 0.25) is 0 Å². The van der Waals surface area contributed by atoms with Gasteiger partial charge in [0.1, 0.15) is 5.75 Å². The SMILES string of the molecule is [N-]=[N+]=NC(=O)Cc1cc(I)c(O)c(I)c1. The molecule has 0 radical (unpaired) electrons. The maximum atomic E-state index is 11.0. The molecule has 1 N–H and O–H groups in total. The number of carbonyl (C=O) groups excluding carboxylic acids is 1. The first-order valence-electron chi connectivity index (χ1n) is 3.79. The van der Waals surface area contributed by atoms with E-state index in [0.29, 0.717) is 7.14 Å². The summed E-state index contributed by atoms with van der Waals surface area (Å²) in [6.07, 6.45) is 0.0519. The van der Waals surface area contributed by atoms with Crippen LogP contribution in [-0.4, -0.2) is 11.0 Å². The van der Waals surface area contributed by atoms with Gasteiger partial charge in [0.15, 0.2) is 0 Å². The number of aromatic hydroxyl groups is 1. The topological polar surface area (TPSA) is 86.1 Å². The van der Waals surface area contributed by atoms with E-state index in [4.69, 9.17) is 5.53 Å². The van der Waals surface area contributed by atoms with E-state index in [1.54, 1.807) is 12.1 Å². The van der Waals surface area contributed by atoms with Gasteiger partial charge in [-0.3, -0.25) is 4.79 Å². The first-order chi connectivity index (χ1) is 7.04. The van der Waals surface area contributed by atoms with Gasteiger partial charge in [0.2, 0.25) is 5.91 Å². The van der Waals surface area contributed by atoms with Gasteiger partial charge in [-0.15, -0.1) is 0 Å². The molecule has 0 atom stereocenters. The van der Waals surface area contributed by atoms with Crippen molar-refractivity contribution in [1.82, 2.24) is 0 Å². The summed E-state index contributed by atoms with van der Waals surface area (Å²) in [4.78, 5) is 13.4. The van der Waals surface area contributed by atoms with E-state index in [1.165, 1.54) is 0 Å². The third-order valence-electron chi connectivity index (χ3n) is 1.59. The Labute approximate surface area is 113 Å². The minimum Gasteiger partial charge on any atom is -0.506 e. The fourth-order valence-corrected chi connectivity index (χ4v) is 2.88. The minimum absolute atomic E-state index is 0.0519. The van der Waals surface area contributed by atoms with Gasteiger partial charge in [-0.05, 0) is 73.5 Å². The molecule has 0 unspecified atom stereocenters. The standard InChI is InChI=1S/C8H5I2N3O2/c9-5-1-4(2-6(10)8(5)15)3-7(14)12-13-11/h1-2,15H,3H2. The molecule has 0 saturated heterocycles. The molecule has 0 fully saturated rings. The summed E-state index contributed by atoms with van der Waals surface area (Å²) in [5, 5.41) is 12.5. The molecule has 1 rings (SSSR count). The summed E-state index contributed by atoms with van der Waals surface area (Å²) in [6, 6.07) is 3.37. The highest BCUT2D eigenvalue weighted by Gasteiger charge is 2.08. The number of nitrogens with zero attached hydrogens (tertiary/aromatic N) is 3. The summed E-state index contributed by atoms with van der Waals surface area (Å²) < 4.78 is 1.34. The number of azide groups is 1. The summed E-state index contributed by atoms with van der Waals surface area (Å²) >= 11 is 3.95. The summed E-state index contributed by atoms with van der Waals surface area (Å²) in [7, 11) is 0. The van der Waals surface area contributed by atoms with Crippen molar-refractivity contribution in [3.8, 4) is 5.75 Å². The van der Waals surface area contributed by atoms with Gasteiger partial charge < -0.3 is 5.11 Å². The number of phenolic OH excluding ortho intramolecular Hbond substituents is 1. The first-order valence-corrected chi connectivity index (χ1v) is 5.95. The summed E-state index contributed by atoms with van der Waals surface area (Å²) in [5.41, 5.74) is 8.78. The zero-order valence-electron chi connectivity index (χ0n) is 7.31. The van der Waals surface area contributed by atoms with E-state index < -0.39 is 5.91 Å². The molecule has 0 aliphatic rings. The Morgan fingerprint density at radius 3 is 2.47 bits per heavy atom. The molecule has 0 bridgehead atoms. The molecular weight excluding hydrogens is 424 g/mol. The Balaban J connectivity index is 2.97. The normalized spacial score (nSPS) is 9.47. The Bertz CT molecular complexity index is 432. The second-order valence-electron chi connectivity index (χ2n) is 2.67. The number of hydrogen-bond acceptors (Lipinski definition) is 2. The number of rotatable bonds is 2. The van der Waals surface area contributed by atoms with Crippen LogP contribution < -0.4 is 0 Å². The molecular formula is C8H5I2N3O2. The first kappa shape index (κ1) is 12.5. The molecule has 0 saturated carbocycles. The monoisotopic (exact) mass is 429 g/mol. The average Bonchev–Trinajstić information content (AvgIpc) is 2.14. The molecule has 0 aliphatic heterocycles. The van der Waals surface area contributed by atoms with Crippen LogP contribution in [0.1, 0.15) is 5.56 Å². The van der Waals surface area contributed by atoms with Crippen molar-refractivity contribution in [1.29, 1.82) is 0 Å². The van der Waals surface area contributed by atoms with E-state index in [0.717, 1.165) is 5.56 Å². The number of hydrogen-bond donors (Lipinski definition) is 1. The van der Waals surface area contributed by atoms with Crippen LogP contribution in [0.15, 0.2) is 17.2 Å². The van der Waals surface area contributed by atoms with E-state index in [2.05, 4.69) is 10.0 Å². The van der Waals surface area contributed by atoms with E-state index in [1.807, 2.05) is 45.2 Å². The molecule has 0 heterocycles. The maximum Gasteiger partial charge on any atom is 0.223 e. The lowest BCUT2D eigenvalue weighted by molar-refractivity contribution is -0.117. The van der Waals surface area contributed by atoms with Gasteiger partial charge in [-0.1, -0.05) is 0 Å². The smallest absolute Gasteiger partial charge is 0.223 e. The van der Waals surface area contributed by atoms with Gasteiger partial charge in [0, 0.05) is 11.3 Å². The second-order valence-corrected chi connectivity index (χ2v) is 4.99.